The van der Waals surface area contributed by atoms with Gasteiger partial charge in [0.2, 0.25) is 0 Å². The van der Waals surface area contributed by atoms with E-state index in [9.17, 15) is 5.11 Å². The van der Waals surface area contributed by atoms with Gasteiger partial charge in [-0.3, -0.25) is 0 Å². The molecule has 0 aliphatic rings. The zero-order valence-corrected chi connectivity index (χ0v) is 9.85. The third-order valence-corrected chi connectivity index (χ3v) is 2.87. The van der Waals surface area contributed by atoms with Gasteiger partial charge in [-0.05, 0) is 40.5 Å². The minimum Gasteiger partial charge on any atom is -0.389 e. The van der Waals surface area contributed by atoms with Crippen molar-refractivity contribution in [2.24, 2.45) is 0 Å². The summed E-state index contributed by atoms with van der Waals surface area (Å²) in [5, 5.41) is 9.43. The van der Waals surface area contributed by atoms with Gasteiger partial charge in [-0.15, -0.1) is 0 Å². The molecule has 0 saturated heterocycles. The molecule has 0 spiro atoms. The van der Waals surface area contributed by atoms with E-state index in [1.165, 1.54) is 0 Å². The Hall–Kier alpha value is -1.13. The molecule has 1 heterocycles. The zero-order chi connectivity index (χ0) is 10.8. The number of rotatable bonds is 2. The lowest BCUT2D eigenvalue weighted by Gasteiger charge is -2.09. The van der Waals surface area contributed by atoms with Crippen LogP contribution in [-0.2, 0) is 0 Å². The second kappa shape index (κ2) is 4.16. The highest BCUT2D eigenvalue weighted by Gasteiger charge is 2.06. The molecule has 78 valence electrons. The number of aliphatic hydroxyl groups excluding tert-OH is 1. The number of hydrogen-bond donors (Lipinski definition) is 1. The Morgan fingerprint density at radius 3 is 2.80 bits per heavy atom. The van der Waals surface area contributed by atoms with Gasteiger partial charge < -0.3 is 9.67 Å². The average Bonchev–Trinajstić information content (AvgIpc) is 2.70. The van der Waals surface area contributed by atoms with Crippen LogP contribution in [0.1, 0.15) is 18.6 Å². The number of benzene rings is 1. The lowest BCUT2D eigenvalue weighted by atomic mass is 10.1. The summed E-state index contributed by atoms with van der Waals surface area (Å²) in [4.78, 5) is 3.99. The van der Waals surface area contributed by atoms with Crippen LogP contribution in [0.3, 0.4) is 0 Å². The van der Waals surface area contributed by atoms with Gasteiger partial charge in [-0.25, -0.2) is 4.98 Å². The number of nitrogens with zero attached hydrogens (tertiary/aromatic N) is 2. The van der Waals surface area contributed by atoms with Crippen molar-refractivity contribution in [3.8, 4) is 5.69 Å². The molecule has 0 unspecified atom stereocenters. The largest absolute Gasteiger partial charge is 0.389 e. The molecule has 4 heteroatoms. The molecule has 0 amide bonds. The number of halogens is 1. The molecule has 0 aliphatic carbocycles. The summed E-state index contributed by atoms with van der Waals surface area (Å²) in [5.41, 5.74) is 1.91. The smallest absolute Gasteiger partial charge is 0.0992 e. The molecule has 2 rings (SSSR count). The highest BCUT2D eigenvalue weighted by molar-refractivity contribution is 9.10. The average molecular weight is 267 g/mol. The van der Waals surface area contributed by atoms with E-state index in [1.807, 2.05) is 29.0 Å². The zero-order valence-electron chi connectivity index (χ0n) is 8.26. The Morgan fingerprint density at radius 1 is 1.47 bits per heavy atom. The van der Waals surface area contributed by atoms with Crippen LogP contribution >= 0.6 is 15.9 Å². The third-order valence-electron chi connectivity index (χ3n) is 2.24. The maximum atomic E-state index is 9.43. The standard InChI is InChI=1S/C11H11BrN2O/c1-8(15)9-2-3-11(10(12)6-9)14-5-4-13-7-14/h2-8,15H,1H3/t8-/m0/s1. The van der Waals surface area contributed by atoms with Crippen LogP contribution < -0.4 is 0 Å². The van der Waals surface area contributed by atoms with Gasteiger partial charge in [0.25, 0.3) is 0 Å². The lowest BCUT2D eigenvalue weighted by molar-refractivity contribution is 0.199. The number of aromatic nitrogens is 2. The number of hydrogen-bond acceptors (Lipinski definition) is 2. The highest BCUT2D eigenvalue weighted by Crippen LogP contribution is 2.24. The van der Waals surface area contributed by atoms with Gasteiger partial charge in [0.15, 0.2) is 0 Å². The van der Waals surface area contributed by atoms with Crippen molar-refractivity contribution < 1.29 is 5.11 Å². The SMILES string of the molecule is C[C@H](O)c1ccc(-n2ccnc2)c(Br)c1. The van der Waals surface area contributed by atoms with E-state index in [0.717, 1.165) is 15.7 Å². The molecule has 15 heavy (non-hydrogen) atoms. The second-order valence-electron chi connectivity index (χ2n) is 3.36. The fourth-order valence-corrected chi connectivity index (χ4v) is 2.00. The Bertz CT molecular complexity index is 452. The molecule has 1 aromatic carbocycles. The third kappa shape index (κ3) is 2.11. The summed E-state index contributed by atoms with van der Waals surface area (Å²) in [6.07, 6.45) is 4.90. The first kappa shape index (κ1) is 10.4. The van der Waals surface area contributed by atoms with E-state index in [4.69, 9.17) is 0 Å². The predicted octanol–water partition coefficient (Wildman–Crippen LogP) is 2.69. The molecule has 0 radical (unpaired) electrons. The molecule has 0 fully saturated rings. The van der Waals surface area contributed by atoms with Gasteiger partial charge in [0.05, 0.1) is 18.1 Å². The summed E-state index contributed by atoms with van der Waals surface area (Å²) in [6.45, 7) is 1.75. The first-order valence-corrected chi connectivity index (χ1v) is 5.43. The molecule has 3 nitrogen and oxygen atoms in total. The first-order chi connectivity index (χ1) is 7.18. The molecule has 0 bridgehead atoms. The molecule has 0 saturated carbocycles. The Morgan fingerprint density at radius 2 is 2.27 bits per heavy atom. The van der Waals surface area contributed by atoms with Gasteiger partial charge in [-0.1, -0.05) is 6.07 Å². The quantitative estimate of drug-likeness (QED) is 0.908. The van der Waals surface area contributed by atoms with Crippen molar-refractivity contribution in [1.82, 2.24) is 9.55 Å². The van der Waals surface area contributed by atoms with Crippen molar-refractivity contribution in [2.75, 3.05) is 0 Å². The van der Waals surface area contributed by atoms with E-state index >= 15 is 0 Å². The van der Waals surface area contributed by atoms with Crippen LogP contribution in [0, 0.1) is 0 Å². The summed E-state index contributed by atoms with van der Waals surface area (Å²) in [7, 11) is 0. The van der Waals surface area contributed by atoms with Crippen LogP contribution in [0.15, 0.2) is 41.4 Å². The van der Waals surface area contributed by atoms with Crippen molar-refractivity contribution in [1.29, 1.82) is 0 Å². The van der Waals surface area contributed by atoms with E-state index in [2.05, 4.69) is 20.9 Å². The molecular formula is C11H11BrN2O. The molecule has 1 N–H and O–H groups in total. The summed E-state index contributed by atoms with van der Waals surface area (Å²) in [5.74, 6) is 0. The van der Waals surface area contributed by atoms with Crippen LogP contribution in [0.25, 0.3) is 5.69 Å². The minimum absolute atomic E-state index is 0.446. The van der Waals surface area contributed by atoms with E-state index in [0.29, 0.717) is 0 Å². The highest BCUT2D eigenvalue weighted by atomic mass is 79.9. The van der Waals surface area contributed by atoms with Gasteiger partial charge >= 0.3 is 0 Å². The maximum Gasteiger partial charge on any atom is 0.0992 e. The van der Waals surface area contributed by atoms with Gasteiger partial charge in [-0.2, -0.15) is 0 Å². The second-order valence-corrected chi connectivity index (χ2v) is 4.21. The van der Waals surface area contributed by atoms with Crippen molar-refractivity contribution in [3.63, 3.8) is 0 Å². The maximum absolute atomic E-state index is 9.43. The van der Waals surface area contributed by atoms with E-state index in [1.54, 1.807) is 19.4 Å². The van der Waals surface area contributed by atoms with E-state index in [-0.39, 0.29) is 0 Å². The number of imidazole rings is 1. The van der Waals surface area contributed by atoms with Crippen molar-refractivity contribution in [3.05, 3.63) is 47.0 Å². The van der Waals surface area contributed by atoms with Crippen molar-refractivity contribution in [2.45, 2.75) is 13.0 Å². The fraction of sp³-hybridized carbons (Fsp3) is 0.182. The normalized spacial score (nSPS) is 12.7. The molecular weight excluding hydrogens is 256 g/mol. The minimum atomic E-state index is -0.446. The Labute approximate surface area is 96.5 Å². The van der Waals surface area contributed by atoms with Crippen LogP contribution in [0.4, 0.5) is 0 Å². The molecule has 0 aliphatic heterocycles. The van der Waals surface area contributed by atoms with Crippen molar-refractivity contribution >= 4 is 15.9 Å². The predicted molar refractivity (Wildman–Crippen MR) is 61.9 cm³/mol. The summed E-state index contributed by atoms with van der Waals surface area (Å²) >= 11 is 3.48. The molecule has 2 aromatic rings. The molecule has 1 aromatic heterocycles. The Kier molecular flexibility index (Phi) is 2.88. The summed E-state index contributed by atoms with van der Waals surface area (Å²) < 4.78 is 2.86. The first-order valence-electron chi connectivity index (χ1n) is 4.64. The lowest BCUT2D eigenvalue weighted by Crippen LogP contribution is -1.95. The summed E-state index contributed by atoms with van der Waals surface area (Å²) in [6, 6.07) is 5.78. The van der Waals surface area contributed by atoms with Crippen LogP contribution in [-0.4, -0.2) is 14.7 Å². The topological polar surface area (TPSA) is 38.0 Å². The molecule has 1 atom stereocenters. The fourth-order valence-electron chi connectivity index (χ4n) is 1.39. The van der Waals surface area contributed by atoms with E-state index < -0.39 is 6.10 Å². The van der Waals surface area contributed by atoms with Gasteiger partial charge in [0.1, 0.15) is 0 Å². The monoisotopic (exact) mass is 266 g/mol. The van der Waals surface area contributed by atoms with Gasteiger partial charge in [0, 0.05) is 16.9 Å². The number of aliphatic hydroxyl groups is 1. The van der Waals surface area contributed by atoms with Crippen LogP contribution in [0.5, 0.6) is 0 Å². The van der Waals surface area contributed by atoms with Crippen LogP contribution in [0.2, 0.25) is 0 Å². The Balaban J connectivity index is 2.44.